The van der Waals surface area contributed by atoms with Gasteiger partial charge in [-0.05, 0) is 38.3 Å². The molecule has 0 heterocycles. The van der Waals surface area contributed by atoms with E-state index in [0.717, 1.165) is 12.8 Å². The van der Waals surface area contributed by atoms with Gasteiger partial charge in [-0.25, -0.2) is 0 Å². The average molecular weight is 372 g/mol. The minimum absolute atomic E-state index is 0.0317. The van der Waals surface area contributed by atoms with Crippen LogP contribution < -0.4 is 14.8 Å². The van der Waals surface area contributed by atoms with Gasteiger partial charge in [0, 0.05) is 12.1 Å². The summed E-state index contributed by atoms with van der Waals surface area (Å²) in [6, 6.07) is 14.0. The Hall–Kier alpha value is -3.09. The summed E-state index contributed by atoms with van der Waals surface area (Å²) in [5, 5.41) is 13.8. The number of aryl methyl sites for hydroxylation is 1. The van der Waals surface area contributed by atoms with E-state index in [1.54, 1.807) is 6.92 Å². The predicted octanol–water partition coefficient (Wildman–Crippen LogP) is 3.51. The average Bonchev–Trinajstić information content (AvgIpc) is 2.67. The molecule has 2 rings (SSSR count). The lowest BCUT2D eigenvalue weighted by Gasteiger charge is -2.19. The van der Waals surface area contributed by atoms with Gasteiger partial charge in [0.25, 0.3) is 11.6 Å². The van der Waals surface area contributed by atoms with E-state index >= 15 is 0 Å². The van der Waals surface area contributed by atoms with Crippen molar-refractivity contribution in [2.24, 2.45) is 0 Å². The van der Waals surface area contributed by atoms with Crippen molar-refractivity contribution in [3.63, 3.8) is 0 Å². The van der Waals surface area contributed by atoms with Gasteiger partial charge < -0.3 is 14.8 Å². The second kappa shape index (κ2) is 9.56. The quantitative estimate of drug-likeness (QED) is 0.537. The summed E-state index contributed by atoms with van der Waals surface area (Å²) in [5.41, 5.74) is 1.08. The van der Waals surface area contributed by atoms with Gasteiger partial charge in [0.1, 0.15) is 0 Å². The molecule has 7 heteroatoms. The molecule has 144 valence electrons. The van der Waals surface area contributed by atoms with Gasteiger partial charge in [-0.1, -0.05) is 30.3 Å². The summed E-state index contributed by atoms with van der Waals surface area (Å²) in [7, 11) is 1.43. The molecule has 0 aromatic heterocycles. The number of nitrogens with zero attached hydrogens (tertiary/aromatic N) is 1. The summed E-state index contributed by atoms with van der Waals surface area (Å²) in [6.45, 7) is 3.53. The predicted molar refractivity (Wildman–Crippen MR) is 102 cm³/mol. The molecule has 0 aliphatic rings. The Bertz CT molecular complexity index is 779. The number of carbonyl (C=O) groups excluding carboxylic acids is 1. The van der Waals surface area contributed by atoms with E-state index in [-0.39, 0.29) is 23.4 Å². The second-order valence-electron chi connectivity index (χ2n) is 6.29. The van der Waals surface area contributed by atoms with Gasteiger partial charge in [0.05, 0.1) is 18.1 Å². The SMILES string of the molecule is COc1ccc([N+](=O)[O-])cc1OC(C)C(=O)NC(C)CCc1ccccc1. The summed E-state index contributed by atoms with van der Waals surface area (Å²) in [6.07, 6.45) is 0.832. The van der Waals surface area contributed by atoms with E-state index in [2.05, 4.69) is 17.4 Å². The molecule has 0 fully saturated rings. The lowest BCUT2D eigenvalue weighted by Crippen LogP contribution is -2.41. The summed E-state index contributed by atoms with van der Waals surface area (Å²) < 4.78 is 10.8. The number of hydrogen-bond donors (Lipinski definition) is 1. The first-order valence-corrected chi connectivity index (χ1v) is 8.74. The van der Waals surface area contributed by atoms with Crippen molar-refractivity contribution >= 4 is 11.6 Å². The third kappa shape index (κ3) is 5.99. The van der Waals surface area contributed by atoms with E-state index in [4.69, 9.17) is 9.47 Å². The largest absolute Gasteiger partial charge is 0.493 e. The number of benzene rings is 2. The van der Waals surface area contributed by atoms with Gasteiger partial charge in [-0.2, -0.15) is 0 Å². The normalized spacial score (nSPS) is 12.7. The number of methoxy groups -OCH3 is 1. The van der Waals surface area contributed by atoms with Crippen LogP contribution >= 0.6 is 0 Å². The Kier molecular flexibility index (Phi) is 7.16. The van der Waals surface area contributed by atoms with Crippen LogP contribution in [0.5, 0.6) is 11.5 Å². The third-order valence-electron chi connectivity index (χ3n) is 4.13. The topological polar surface area (TPSA) is 90.7 Å². The fraction of sp³-hybridized carbons (Fsp3) is 0.350. The van der Waals surface area contributed by atoms with Gasteiger partial charge in [-0.15, -0.1) is 0 Å². The van der Waals surface area contributed by atoms with Crippen LogP contribution in [0.4, 0.5) is 5.69 Å². The molecular formula is C20H24N2O5. The number of rotatable bonds is 9. The van der Waals surface area contributed by atoms with Crippen molar-refractivity contribution in [3.8, 4) is 11.5 Å². The maximum absolute atomic E-state index is 12.4. The molecular weight excluding hydrogens is 348 g/mol. The lowest BCUT2D eigenvalue weighted by molar-refractivity contribution is -0.385. The Morgan fingerprint density at radius 1 is 1.15 bits per heavy atom. The highest BCUT2D eigenvalue weighted by Gasteiger charge is 2.20. The Morgan fingerprint density at radius 3 is 2.48 bits per heavy atom. The summed E-state index contributed by atoms with van der Waals surface area (Å²) >= 11 is 0. The van der Waals surface area contributed by atoms with Crippen LogP contribution in [-0.2, 0) is 11.2 Å². The van der Waals surface area contributed by atoms with Crippen molar-refractivity contribution in [2.45, 2.75) is 38.8 Å². The Morgan fingerprint density at radius 2 is 1.85 bits per heavy atom. The zero-order valence-electron chi connectivity index (χ0n) is 15.7. The number of hydrogen-bond acceptors (Lipinski definition) is 5. The van der Waals surface area contributed by atoms with Crippen molar-refractivity contribution in [1.82, 2.24) is 5.32 Å². The first kappa shape index (κ1) is 20.2. The minimum Gasteiger partial charge on any atom is -0.493 e. The molecule has 0 saturated carbocycles. The number of nitro groups is 1. The van der Waals surface area contributed by atoms with E-state index in [9.17, 15) is 14.9 Å². The molecule has 0 spiro atoms. The fourth-order valence-electron chi connectivity index (χ4n) is 2.58. The van der Waals surface area contributed by atoms with Crippen molar-refractivity contribution < 1.29 is 19.2 Å². The number of nitro benzene ring substituents is 1. The molecule has 2 aromatic rings. The van der Waals surface area contributed by atoms with E-state index in [1.165, 1.54) is 30.9 Å². The molecule has 27 heavy (non-hydrogen) atoms. The van der Waals surface area contributed by atoms with Crippen LogP contribution in [0.15, 0.2) is 48.5 Å². The maximum atomic E-state index is 12.4. The molecule has 1 N–H and O–H groups in total. The molecule has 0 saturated heterocycles. The van der Waals surface area contributed by atoms with E-state index in [0.29, 0.717) is 5.75 Å². The van der Waals surface area contributed by atoms with Gasteiger partial charge in [0.15, 0.2) is 17.6 Å². The molecule has 2 atom stereocenters. The zero-order valence-corrected chi connectivity index (χ0v) is 15.7. The molecule has 2 aromatic carbocycles. The van der Waals surface area contributed by atoms with E-state index in [1.807, 2.05) is 25.1 Å². The van der Waals surface area contributed by atoms with Crippen LogP contribution in [-0.4, -0.2) is 30.1 Å². The van der Waals surface area contributed by atoms with Gasteiger partial charge in [0.2, 0.25) is 0 Å². The highest BCUT2D eigenvalue weighted by molar-refractivity contribution is 5.81. The molecule has 0 radical (unpaired) electrons. The number of amides is 1. The highest BCUT2D eigenvalue weighted by Crippen LogP contribution is 2.31. The van der Waals surface area contributed by atoms with Crippen LogP contribution in [0, 0.1) is 10.1 Å². The zero-order chi connectivity index (χ0) is 19.8. The fourth-order valence-corrected chi connectivity index (χ4v) is 2.58. The van der Waals surface area contributed by atoms with Crippen LogP contribution in [0.1, 0.15) is 25.8 Å². The van der Waals surface area contributed by atoms with Crippen molar-refractivity contribution in [1.29, 1.82) is 0 Å². The van der Waals surface area contributed by atoms with Crippen LogP contribution in [0.3, 0.4) is 0 Å². The lowest BCUT2D eigenvalue weighted by atomic mass is 10.1. The highest BCUT2D eigenvalue weighted by atomic mass is 16.6. The standard InChI is InChI=1S/C20H24N2O5/c1-14(9-10-16-7-5-4-6-8-16)21-20(23)15(2)27-19-13-17(22(24)25)11-12-18(19)26-3/h4-8,11-15H,9-10H2,1-3H3,(H,21,23). The number of ether oxygens (including phenoxy) is 2. The molecule has 0 aliphatic carbocycles. The molecule has 0 aliphatic heterocycles. The monoisotopic (exact) mass is 372 g/mol. The molecule has 0 bridgehead atoms. The number of carbonyl (C=O) groups is 1. The minimum atomic E-state index is -0.819. The Balaban J connectivity index is 1.93. The summed E-state index contributed by atoms with van der Waals surface area (Å²) in [5.74, 6) is 0.202. The molecule has 2 unspecified atom stereocenters. The van der Waals surface area contributed by atoms with Gasteiger partial charge >= 0.3 is 0 Å². The smallest absolute Gasteiger partial charge is 0.273 e. The summed E-state index contributed by atoms with van der Waals surface area (Å²) in [4.78, 5) is 22.8. The first-order chi connectivity index (χ1) is 12.9. The maximum Gasteiger partial charge on any atom is 0.273 e. The van der Waals surface area contributed by atoms with Crippen LogP contribution in [0.25, 0.3) is 0 Å². The number of nitrogens with one attached hydrogen (secondary N) is 1. The van der Waals surface area contributed by atoms with Crippen molar-refractivity contribution in [3.05, 3.63) is 64.2 Å². The van der Waals surface area contributed by atoms with Gasteiger partial charge in [-0.3, -0.25) is 14.9 Å². The first-order valence-electron chi connectivity index (χ1n) is 8.74. The number of non-ortho nitro benzene ring substituents is 1. The van der Waals surface area contributed by atoms with Crippen LogP contribution in [0.2, 0.25) is 0 Å². The molecule has 7 nitrogen and oxygen atoms in total. The Labute approximate surface area is 158 Å². The molecule has 1 amide bonds. The van der Waals surface area contributed by atoms with E-state index < -0.39 is 11.0 Å². The van der Waals surface area contributed by atoms with Crippen molar-refractivity contribution in [2.75, 3.05) is 7.11 Å². The second-order valence-corrected chi connectivity index (χ2v) is 6.29. The third-order valence-corrected chi connectivity index (χ3v) is 4.13.